The van der Waals surface area contributed by atoms with E-state index in [1.807, 2.05) is 6.07 Å². The molecule has 21 heavy (non-hydrogen) atoms. The van der Waals surface area contributed by atoms with E-state index >= 15 is 0 Å². The average Bonchev–Trinajstić information content (AvgIpc) is 2.74. The topological polar surface area (TPSA) is 25.2 Å². The normalized spacial score (nSPS) is 12.6. The fourth-order valence-electron chi connectivity index (χ4n) is 2.77. The van der Waals surface area contributed by atoms with E-state index in [0.717, 1.165) is 24.4 Å². The van der Waals surface area contributed by atoms with Gasteiger partial charge in [-0.2, -0.15) is 0 Å². The smallest absolute Gasteiger partial charge is 0.153 e. The van der Waals surface area contributed by atoms with Crippen molar-refractivity contribution >= 4 is 22.6 Å². The van der Waals surface area contributed by atoms with Gasteiger partial charge in [-0.05, 0) is 36.4 Å². The van der Waals surface area contributed by atoms with Crippen LogP contribution in [-0.2, 0) is 12.0 Å². The van der Waals surface area contributed by atoms with Crippen molar-refractivity contribution in [2.45, 2.75) is 53.5 Å². The molecule has 1 heterocycles. The Labute approximate surface area is 132 Å². The van der Waals surface area contributed by atoms with Crippen LogP contribution >= 0.6 is 11.6 Å². The molecule has 1 aromatic carbocycles. The molecule has 0 aliphatic rings. The number of fused-ring (bicyclic) bond motifs is 1. The third-order valence-corrected chi connectivity index (χ3v) is 3.96. The van der Waals surface area contributed by atoms with E-state index in [2.05, 4.69) is 52.9 Å². The van der Waals surface area contributed by atoms with E-state index in [4.69, 9.17) is 16.0 Å². The quantitative estimate of drug-likeness (QED) is 0.814. The Morgan fingerprint density at radius 1 is 1.24 bits per heavy atom. The van der Waals surface area contributed by atoms with Gasteiger partial charge in [-0.15, -0.1) is 0 Å². The number of hydrogen-bond donors (Lipinski definition) is 1. The third kappa shape index (κ3) is 3.44. The molecule has 0 bridgehead atoms. The monoisotopic (exact) mass is 307 g/mol. The Bertz CT molecular complexity index is 635. The molecule has 116 valence electrons. The predicted octanol–water partition coefficient (Wildman–Crippen LogP) is 5.44. The lowest BCUT2D eigenvalue weighted by molar-refractivity contribution is 0.464. The highest BCUT2D eigenvalue weighted by atomic mass is 35.5. The summed E-state index contributed by atoms with van der Waals surface area (Å²) in [5.41, 5.74) is 3.34. The van der Waals surface area contributed by atoms with Gasteiger partial charge >= 0.3 is 0 Å². The van der Waals surface area contributed by atoms with Crippen LogP contribution in [0.4, 0.5) is 0 Å². The molecule has 0 atom stereocenters. The van der Waals surface area contributed by atoms with Crippen molar-refractivity contribution in [1.29, 1.82) is 0 Å². The summed E-state index contributed by atoms with van der Waals surface area (Å²) in [6, 6.07) is 3.99. The maximum Gasteiger partial charge on any atom is 0.153 e. The minimum Gasteiger partial charge on any atom is -0.458 e. The lowest BCUT2D eigenvalue weighted by atomic mass is 9.83. The summed E-state index contributed by atoms with van der Waals surface area (Å²) < 4.78 is 6.12. The van der Waals surface area contributed by atoms with E-state index in [-0.39, 0.29) is 5.41 Å². The van der Waals surface area contributed by atoms with Crippen LogP contribution in [0.2, 0.25) is 5.02 Å². The van der Waals surface area contributed by atoms with Crippen molar-refractivity contribution in [2.75, 3.05) is 6.54 Å². The zero-order valence-electron chi connectivity index (χ0n) is 13.9. The number of benzene rings is 1. The SMILES string of the molecule is Cc1ccc(Cl)c2oc(CNCC(C)C)c(C(C)(C)C)c12. The Morgan fingerprint density at radius 2 is 1.90 bits per heavy atom. The van der Waals surface area contributed by atoms with Crippen molar-refractivity contribution in [3.63, 3.8) is 0 Å². The maximum absolute atomic E-state index is 6.33. The highest BCUT2D eigenvalue weighted by Gasteiger charge is 2.27. The Kier molecular flexibility index (Phi) is 4.69. The molecule has 0 saturated carbocycles. The molecule has 0 fully saturated rings. The molecule has 1 aromatic heterocycles. The highest BCUT2D eigenvalue weighted by Crippen LogP contribution is 2.40. The van der Waals surface area contributed by atoms with Gasteiger partial charge in [-0.1, -0.05) is 52.3 Å². The molecule has 0 unspecified atom stereocenters. The Hall–Kier alpha value is -0.990. The maximum atomic E-state index is 6.33. The zero-order chi connectivity index (χ0) is 15.8. The van der Waals surface area contributed by atoms with E-state index in [9.17, 15) is 0 Å². The van der Waals surface area contributed by atoms with Crippen LogP contribution in [0.3, 0.4) is 0 Å². The van der Waals surface area contributed by atoms with Crippen LogP contribution in [-0.4, -0.2) is 6.54 Å². The first-order chi connectivity index (χ1) is 9.71. The number of furan rings is 1. The highest BCUT2D eigenvalue weighted by molar-refractivity contribution is 6.35. The summed E-state index contributed by atoms with van der Waals surface area (Å²) in [6.07, 6.45) is 0. The number of hydrogen-bond acceptors (Lipinski definition) is 2. The van der Waals surface area contributed by atoms with Crippen molar-refractivity contribution < 1.29 is 4.42 Å². The minimum absolute atomic E-state index is 0.0233. The molecule has 2 aromatic rings. The molecule has 0 amide bonds. The zero-order valence-corrected chi connectivity index (χ0v) is 14.7. The van der Waals surface area contributed by atoms with Crippen LogP contribution < -0.4 is 5.32 Å². The van der Waals surface area contributed by atoms with Crippen LogP contribution in [0, 0.1) is 12.8 Å². The molecule has 0 aliphatic heterocycles. The van der Waals surface area contributed by atoms with Gasteiger partial charge in [0.05, 0.1) is 11.6 Å². The molecule has 1 N–H and O–H groups in total. The largest absolute Gasteiger partial charge is 0.458 e. The number of aryl methyl sites for hydroxylation is 1. The summed E-state index contributed by atoms with van der Waals surface area (Å²) in [6.45, 7) is 14.9. The van der Waals surface area contributed by atoms with Gasteiger partial charge in [0.2, 0.25) is 0 Å². The first-order valence-corrected chi connectivity index (χ1v) is 8.01. The van der Waals surface area contributed by atoms with E-state index in [1.54, 1.807) is 0 Å². The van der Waals surface area contributed by atoms with Gasteiger partial charge in [0.25, 0.3) is 0 Å². The van der Waals surface area contributed by atoms with Gasteiger partial charge in [0, 0.05) is 10.9 Å². The van der Waals surface area contributed by atoms with Gasteiger partial charge in [0.15, 0.2) is 5.58 Å². The van der Waals surface area contributed by atoms with Gasteiger partial charge < -0.3 is 9.73 Å². The number of nitrogens with one attached hydrogen (secondary N) is 1. The van der Waals surface area contributed by atoms with Gasteiger partial charge in [0.1, 0.15) is 5.76 Å². The number of halogens is 1. The molecular formula is C18H26ClNO. The molecule has 3 heteroatoms. The lowest BCUT2D eigenvalue weighted by Gasteiger charge is -2.20. The van der Waals surface area contributed by atoms with Crippen LogP contribution in [0.25, 0.3) is 11.0 Å². The molecular weight excluding hydrogens is 282 g/mol. The van der Waals surface area contributed by atoms with Crippen molar-refractivity contribution in [1.82, 2.24) is 5.32 Å². The van der Waals surface area contributed by atoms with Crippen LogP contribution in [0.15, 0.2) is 16.5 Å². The Morgan fingerprint density at radius 3 is 2.48 bits per heavy atom. The average molecular weight is 308 g/mol. The van der Waals surface area contributed by atoms with Crippen LogP contribution in [0.5, 0.6) is 0 Å². The van der Waals surface area contributed by atoms with Crippen molar-refractivity contribution in [2.24, 2.45) is 5.92 Å². The van der Waals surface area contributed by atoms with Crippen molar-refractivity contribution in [3.05, 3.63) is 34.0 Å². The van der Waals surface area contributed by atoms with Gasteiger partial charge in [-0.3, -0.25) is 0 Å². The fraction of sp³-hybridized carbons (Fsp3) is 0.556. The summed E-state index contributed by atoms with van der Waals surface area (Å²) in [4.78, 5) is 0. The Balaban J connectivity index is 2.54. The summed E-state index contributed by atoms with van der Waals surface area (Å²) in [5, 5.41) is 5.34. The molecule has 0 aliphatic carbocycles. The molecule has 2 nitrogen and oxygen atoms in total. The summed E-state index contributed by atoms with van der Waals surface area (Å²) >= 11 is 6.33. The second kappa shape index (κ2) is 6.02. The van der Waals surface area contributed by atoms with Crippen LogP contribution in [0.1, 0.15) is 51.5 Å². The standard InChI is InChI=1S/C18H26ClNO/c1-11(2)9-20-10-14-16(18(4,5)6)15-12(3)7-8-13(19)17(15)21-14/h7-8,11,20H,9-10H2,1-6H3. The molecule has 0 spiro atoms. The fourth-order valence-corrected chi connectivity index (χ4v) is 2.97. The summed E-state index contributed by atoms with van der Waals surface area (Å²) in [7, 11) is 0. The lowest BCUT2D eigenvalue weighted by Crippen LogP contribution is -2.21. The predicted molar refractivity (Wildman–Crippen MR) is 91.2 cm³/mol. The molecule has 2 rings (SSSR count). The van der Waals surface area contributed by atoms with E-state index < -0.39 is 0 Å². The molecule has 0 radical (unpaired) electrons. The second-order valence-corrected chi connectivity index (χ2v) is 7.65. The summed E-state index contributed by atoms with van der Waals surface area (Å²) in [5.74, 6) is 1.63. The van der Waals surface area contributed by atoms with E-state index in [1.165, 1.54) is 16.5 Å². The second-order valence-electron chi connectivity index (χ2n) is 7.24. The first kappa shape index (κ1) is 16.4. The van der Waals surface area contributed by atoms with E-state index in [0.29, 0.717) is 10.9 Å². The first-order valence-electron chi connectivity index (χ1n) is 7.63. The number of rotatable bonds is 4. The minimum atomic E-state index is 0.0233. The van der Waals surface area contributed by atoms with Gasteiger partial charge in [-0.25, -0.2) is 0 Å². The molecule has 0 saturated heterocycles. The van der Waals surface area contributed by atoms with Crippen molar-refractivity contribution in [3.8, 4) is 0 Å². The third-order valence-electron chi connectivity index (χ3n) is 3.66.